The molecule has 4 nitrogen and oxygen atoms in total. The van der Waals surface area contributed by atoms with E-state index in [-0.39, 0.29) is 5.91 Å². The lowest BCUT2D eigenvalue weighted by Crippen LogP contribution is -2.41. The summed E-state index contributed by atoms with van der Waals surface area (Å²) in [5.41, 5.74) is 1.89. The van der Waals surface area contributed by atoms with E-state index in [0.29, 0.717) is 6.54 Å². The molecule has 20 heavy (non-hydrogen) atoms. The van der Waals surface area contributed by atoms with Crippen molar-refractivity contribution in [2.24, 2.45) is 0 Å². The maximum absolute atomic E-state index is 11.8. The molecule has 1 aromatic carbocycles. The molecule has 0 spiro atoms. The molecular weight excluding hydrogens is 252 g/mol. The van der Waals surface area contributed by atoms with E-state index in [1.807, 2.05) is 45.0 Å². The maximum Gasteiger partial charge on any atom is 0.251 e. The summed E-state index contributed by atoms with van der Waals surface area (Å²) in [7, 11) is 0. The van der Waals surface area contributed by atoms with Crippen LogP contribution in [-0.4, -0.2) is 50.2 Å². The van der Waals surface area contributed by atoms with Crippen LogP contribution in [0.5, 0.6) is 0 Å². The fraction of sp³-hybridized carbons (Fsp3) is 0.562. The highest BCUT2D eigenvalue weighted by Gasteiger charge is 2.10. The number of morpholine rings is 1. The van der Waals surface area contributed by atoms with E-state index >= 15 is 0 Å². The standard InChI is InChI=1S/C14H20N2O2.C2H6/c1-12-2-4-13(5-3-12)14(17)15-6-7-16-8-10-18-11-9-16;1-2/h2-5H,6-11H2,1H3,(H,15,17);1-2H3. The first-order valence-corrected chi connectivity index (χ1v) is 7.41. The Labute approximate surface area is 122 Å². The van der Waals surface area contributed by atoms with E-state index in [4.69, 9.17) is 4.74 Å². The van der Waals surface area contributed by atoms with Crippen LogP contribution < -0.4 is 5.32 Å². The van der Waals surface area contributed by atoms with Gasteiger partial charge in [0.1, 0.15) is 0 Å². The minimum atomic E-state index is 0.00302. The van der Waals surface area contributed by atoms with Gasteiger partial charge in [0.15, 0.2) is 0 Å². The fourth-order valence-corrected chi connectivity index (χ4v) is 1.96. The normalized spacial score (nSPS) is 15.2. The summed E-state index contributed by atoms with van der Waals surface area (Å²) in [6, 6.07) is 7.63. The SMILES string of the molecule is CC.Cc1ccc(C(=O)NCCN2CCOCC2)cc1. The molecule has 1 amide bonds. The van der Waals surface area contributed by atoms with Crippen LogP contribution in [0.3, 0.4) is 0 Å². The smallest absolute Gasteiger partial charge is 0.251 e. The van der Waals surface area contributed by atoms with Gasteiger partial charge in [-0.1, -0.05) is 31.5 Å². The maximum atomic E-state index is 11.8. The Bertz CT molecular complexity index is 384. The molecule has 0 aromatic heterocycles. The number of hydrogen-bond donors (Lipinski definition) is 1. The second-order valence-electron chi connectivity index (χ2n) is 4.58. The number of carbonyl (C=O) groups is 1. The summed E-state index contributed by atoms with van der Waals surface area (Å²) in [5.74, 6) is 0.00302. The van der Waals surface area contributed by atoms with Crippen LogP contribution in [0.25, 0.3) is 0 Å². The van der Waals surface area contributed by atoms with Crippen molar-refractivity contribution >= 4 is 5.91 Å². The van der Waals surface area contributed by atoms with E-state index < -0.39 is 0 Å². The largest absolute Gasteiger partial charge is 0.379 e. The van der Waals surface area contributed by atoms with Crippen LogP contribution in [0.1, 0.15) is 29.8 Å². The lowest BCUT2D eigenvalue weighted by molar-refractivity contribution is 0.0383. The highest BCUT2D eigenvalue weighted by atomic mass is 16.5. The summed E-state index contributed by atoms with van der Waals surface area (Å²) in [5, 5.41) is 2.94. The van der Waals surface area contributed by atoms with Crippen molar-refractivity contribution in [2.45, 2.75) is 20.8 Å². The van der Waals surface area contributed by atoms with Gasteiger partial charge in [-0.3, -0.25) is 9.69 Å². The lowest BCUT2D eigenvalue weighted by atomic mass is 10.1. The molecule has 4 heteroatoms. The number of aryl methyl sites for hydroxylation is 1. The molecule has 0 radical (unpaired) electrons. The number of ether oxygens (including phenoxy) is 1. The minimum Gasteiger partial charge on any atom is -0.379 e. The summed E-state index contributed by atoms with van der Waals surface area (Å²) < 4.78 is 5.28. The quantitative estimate of drug-likeness (QED) is 0.917. The highest BCUT2D eigenvalue weighted by Crippen LogP contribution is 2.02. The first kappa shape index (κ1) is 16.7. The van der Waals surface area contributed by atoms with Gasteiger partial charge in [0.25, 0.3) is 5.91 Å². The zero-order valence-electron chi connectivity index (χ0n) is 12.8. The first-order valence-electron chi connectivity index (χ1n) is 7.41. The van der Waals surface area contributed by atoms with Crippen molar-refractivity contribution in [1.82, 2.24) is 10.2 Å². The van der Waals surface area contributed by atoms with Gasteiger partial charge in [-0.05, 0) is 19.1 Å². The van der Waals surface area contributed by atoms with Crippen molar-refractivity contribution in [2.75, 3.05) is 39.4 Å². The second kappa shape index (κ2) is 9.50. The number of nitrogens with one attached hydrogen (secondary N) is 1. The number of amides is 1. The number of rotatable bonds is 4. The molecule has 2 rings (SSSR count). The van der Waals surface area contributed by atoms with E-state index in [9.17, 15) is 4.79 Å². The third kappa shape index (κ3) is 5.72. The van der Waals surface area contributed by atoms with Gasteiger partial charge in [0.2, 0.25) is 0 Å². The molecule has 1 aromatic rings. The van der Waals surface area contributed by atoms with Gasteiger partial charge in [-0.15, -0.1) is 0 Å². The summed E-state index contributed by atoms with van der Waals surface area (Å²) >= 11 is 0. The van der Waals surface area contributed by atoms with Crippen molar-refractivity contribution in [3.8, 4) is 0 Å². The average Bonchev–Trinajstić information content (AvgIpc) is 2.51. The van der Waals surface area contributed by atoms with Crippen LogP contribution in [0, 0.1) is 6.92 Å². The Morgan fingerprint density at radius 1 is 1.20 bits per heavy atom. The van der Waals surface area contributed by atoms with E-state index in [1.165, 1.54) is 5.56 Å². The predicted octanol–water partition coefficient (Wildman–Crippen LogP) is 2.08. The summed E-state index contributed by atoms with van der Waals surface area (Å²) in [6.07, 6.45) is 0. The molecule has 1 fully saturated rings. The number of benzene rings is 1. The average molecular weight is 278 g/mol. The van der Waals surface area contributed by atoms with E-state index in [0.717, 1.165) is 38.4 Å². The van der Waals surface area contributed by atoms with Gasteiger partial charge in [-0.2, -0.15) is 0 Å². The summed E-state index contributed by atoms with van der Waals surface area (Å²) in [6.45, 7) is 11.1. The molecule has 1 aliphatic heterocycles. The topological polar surface area (TPSA) is 41.6 Å². The molecule has 1 N–H and O–H groups in total. The minimum absolute atomic E-state index is 0.00302. The monoisotopic (exact) mass is 278 g/mol. The van der Waals surface area contributed by atoms with Crippen LogP contribution in [-0.2, 0) is 4.74 Å². The second-order valence-corrected chi connectivity index (χ2v) is 4.58. The lowest BCUT2D eigenvalue weighted by Gasteiger charge is -2.26. The number of nitrogens with zero attached hydrogens (tertiary/aromatic N) is 1. The third-order valence-corrected chi connectivity index (χ3v) is 3.13. The van der Waals surface area contributed by atoms with Gasteiger partial charge in [0.05, 0.1) is 13.2 Å². The predicted molar refractivity (Wildman–Crippen MR) is 82.1 cm³/mol. The van der Waals surface area contributed by atoms with Crippen molar-refractivity contribution in [1.29, 1.82) is 0 Å². The fourth-order valence-electron chi connectivity index (χ4n) is 1.96. The highest BCUT2D eigenvalue weighted by molar-refractivity contribution is 5.94. The molecule has 0 unspecified atom stereocenters. The third-order valence-electron chi connectivity index (χ3n) is 3.13. The molecule has 1 aliphatic rings. The zero-order valence-corrected chi connectivity index (χ0v) is 12.8. The molecule has 0 aliphatic carbocycles. The van der Waals surface area contributed by atoms with Crippen molar-refractivity contribution in [3.63, 3.8) is 0 Å². The van der Waals surface area contributed by atoms with Crippen LogP contribution in [0.4, 0.5) is 0 Å². The van der Waals surface area contributed by atoms with Crippen molar-refractivity contribution < 1.29 is 9.53 Å². The van der Waals surface area contributed by atoms with Gasteiger partial charge < -0.3 is 10.1 Å². The molecule has 0 saturated carbocycles. The van der Waals surface area contributed by atoms with Gasteiger partial charge >= 0.3 is 0 Å². The van der Waals surface area contributed by atoms with E-state index in [1.54, 1.807) is 0 Å². The Hall–Kier alpha value is -1.39. The molecule has 0 atom stereocenters. The molecule has 1 saturated heterocycles. The van der Waals surface area contributed by atoms with Crippen LogP contribution in [0.15, 0.2) is 24.3 Å². The number of hydrogen-bond acceptors (Lipinski definition) is 3. The molecule has 112 valence electrons. The van der Waals surface area contributed by atoms with Crippen LogP contribution in [0.2, 0.25) is 0 Å². The van der Waals surface area contributed by atoms with Crippen molar-refractivity contribution in [3.05, 3.63) is 35.4 Å². The van der Waals surface area contributed by atoms with E-state index in [2.05, 4.69) is 10.2 Å². The summed E-state index contributed by atoms with van der Waals surface area (Å²) in [4.78, 5) is 14.1. The first-order chi connectivity index (χ1) is 9.75. The Morgan fingerprint density at radius 3 is 2.40 bits per heavy atom. The van der Waals surface area contributed by atoms with Gasteiger partial charge in [0, 0.05) is 31.7 Å². The molecule has 1 heterocycles. The Kier molecular flexibility index (Phi) is 7.92. The zero-order chi connectivity index (χ0) is 14.8. The van der Waals surface area contributed by atoms with Gasteiger partial charge in [-0.25, -0.2) is 0 Å². The number of carbonyl (C=O) groups excluding carboxylic acids is 1. The Morgan fingerprint density at radius 2 is 1.80 bits per heavy atom. The molecule has 0 bridgehead atoms. The molecular formula is C16H26N2O2. The Balaban J connectivity index is 0.000000956. The van der Waals surface area contributed by atoms with Crippen LogP contribution >= 0.6 is 0 Å².